The van der Waals surface area contributed by atoms with Crippen molar-refractivity contribution in [1.29, 1.82) is 5.26 Å². The zero-order valence-electron chi connectivity index (χ0n) is 12.3. The molecule has 0 aliphatic carbocycles. The highest BCUT2D eigenvalue weighted by atomic mass is 16.7. The molecule has 1 aliphatic rings. The highest BCUT2D eigenvalue weighted by Crippen LogP contribution is 2.38. The topological polar surface area (TPSA) is 79.5 Å². The fourth-order valence-electron chi connectivity index (χ4n) is 2.67. The van der Waals surface area contributed by atoms with E-state index in [9.17, 15) is 9.90 Å². The average Bonchev–Trinajstić information content (AvgIpc) is 2.11. The summed E-state index contributed by atoms with van der Waals surface area (Å²) in [6, 6.07) is 2.07. The Kier molecular flexibility index (Phi) is 4.59. The van der Waals surface area contributed by atoms with Crippen LogP contribution in [0.5, 0.6) is 0 Å². The Hall–Kier alpha value is -1.12. The van der Waals surface area contributed by atoms with E-state index in [4.69, 9.17) is 14.7 Å². The highest BCUT2D eigenvalue weighted by Gasteiger charge is 2.45. The van der Waals surface area contributed by atoms with Gasteiger partial charge in [0.15, 0.2) is 5.79 Å². The molecule has 5 nitrogen and oxygen atoms in total. The van der Waals surface area contributed by atoms with E-state index in [0.717, 1.165) is 0 Å². The number of hydrogen-bond donors (Lipinski definition) is 1. The Morgan fingerprint density at radius 1 is 1.47 bits per heavy atom. The number of rotatable bonds is 3. The second-order valence-corrected chi connectivity index (χ2v) is 6.58. The second-order valence-electron chi connectivity index (χ2n) is 6.58. The van der Waals surface area contributed by atoms with Gasteiger partial charge in [0.25, 0.3) is 0 Å². The van der Waals surface area contributed by atoms with Gasteiger partial charge < -0.3 is 14.6 Å². The van der Waals surface area contributed by atoms with Crippen LogP contribution in [0.4, 0.5) is 0 Å². The molecule has 5 heteroatoms. The van der Waals surface area contributed by atoms with E-state index in [2.05, 4.69) is 6.07 Å². The molecule has 1 fully saturated rings. The fraction of sp³-hybridized carbons (Fsp3) is 0.857. The molecule has 1 rings (SSSR count). The maximum atomic E-state index is 11.5. The summed E-state index contributed by atoms with van der Waals surface area (Å²) in [7, 11) is 0. The highest BCUT2D eigenvalue weighted by molar-refractivity contribution is 5.71. The molecule has 0 saturated carbocycles. The molecule has 0 aromatic heterocycles. The summed E-state index contributed by atoms with van der Waals surface area (Å²) in [6.45, 7) is 9.17. The van der Waals surface area contributed by atoms with Crippen LogP contribution in [0.1, 0.15) is 47.5 Å². The third-order valence-electron chi connectivity index (χ3n) is 3.27. The number of nitrogens with zero attached hydrogens (tertiary/aromatic N) is 1. The van der Waals surface area contributed by atoms with Gasteiger partial charge in [0.2, 0.25) is 0 Å². The van der Waals surface area contributed by atoms with Crippen LogP contribution in [0.25, 0.3) is 0 Å². The molecule has 1 aliphatic heterocycles. The van der Waals surface area contributed by atoms with Crippen molar-refractivity contribution >= 4 is 5.97 Å². The molecule has 0 aromatic carbocycles. The van der Waals surface area contributed by atoms with E-state index in [0.29, 0.717) is 6.42 Å². The van der Waals surface area contributed by atoms with E-state index >= 15 is 0 Å². The van der Waals surface area contributed by atoms with Crippen molar-refractivity contribution in [1.82, 2.24) is 0 Å². The lowest BCUT2D eigenvalue weighted by atomic mass is 9.75. The zero-order chi connectivity index (χ0) is 14.8. The summed E-state index contributed by atoms with van der Waals surface area (Å²) in [5.41, 5.74) is -0.416. The van der Waals surface area contributed by atoms with Crippen LogP contribution in [0.15, 0.2) is 0 Å². The first-order valence-corrected chi connectivity index (χ1v) is 6.52. The third kappa shape index (κ3) is 4.19. The average molecular weight is 269 g/mol. The second kappa shape index (κ2) is 5.48. The summed E-state index contributed by atoms with van der Waals surface area (Å²) in [5, 5.41) is 18.3. The molecule has 0 spiro atoms. The van der Waals surface area contributed by atoms with Crippen LogP contribution in [0.3, 0.4) is 0 Å². The van der Waals surface area contributed by atoms with Crippen molar-refractivity contribution in [3.05, 3.63) is 0 Å². The lowest BCUT2D eigenvalue weighted by Crippen LogP contribution is -2.51. The van der Waals surface area contributed by atoms with Crippen LogP contribution in [-0.4, -0.2) is 29.1 Å². The van der Waals surface area contributed by atoms with Crippen molar-refractivity contribution in [2.45, 2.75) is 65.5 Å². The predicted octanol–water partition coefficient (Wildman–Crippen LogP) is 2.56. The third-order valence-corrected chi connectivity index (χ3v) is 3.27. The summed E-state index contributed by atoms with van der Waals surface area (Å²) in [4.78, 5) is 11.5. The fourth-order valence-corrected chi connectivity index (χ4v) is 2.67. The number of ether oxygens (including phenoxy) is 2. The predicted molar refractivity (Wildman–Crippen MR) is 69.3 cm³/mol. The van der Waals surface area contributed by atoms with Crippen LogP contribution >= 0.6 is 0 Å². The molecule has 0 aromatic rings. The van der Waals surface area contributed by atoms with Crippen LogP contribution < -0.4 is 0 Å². The Morgan fingerprint density at radius 2 is 2.05 bits per heavy atom. The normalized spacial score (nSPS) is 28.4. The van der Waals surface area contributed by atoms with E-state index in [1.54, 1.807) is 13.8 Å². The molecule has 0 bridgehead atoms. The molecule has 1 saturated heterocycles. The molecule has 1 unspecified atom stereocenters. The van der Waals surface area contributed by atoms with E-state index in [1.807, 2.05) is 20.8 Å². The van der Waals surface area contributed by atoms with Crippen molar-refractivity contribution in [2.24, 2.45) is 11.3 Å². The van der Waals surface area contributed by atoms with Crippen molar-refractivity contribution in [2.75, 3.05) is 0 Å². The molecule has 1 heterocycles. The molecule has 19 heavy (non-hydrogen) atoms. The zero-order valence-corrected chi connectivity index (χ0v) is 12.3. The first-order chi connectivity index (χ1) is 8.57. The Balaban J connectivity index is 2.97. The van der Waals surface area contributed by atoms with Crippen molar-refractivity contribution in [3.8, 4) is 6.07 Å². The van der Waals surface area contributed by atoms with E-state index in [-0.39, 0.29) is 12.5 Å². The SMILES string of the molecule is CC1(C)O[C@H](CC#N)C[C@H](C(C(=O)O)C(C)(C)C)O1. The van der Waals surface area contributed by atoms with Crippen LogP contribution in [0, 0.1) is 22.7 Å². The number of carbonyl (C=O) groups is 1. The number of aliphatic carboxylic acids is 1. The summed E-state index contributed by atoms with van der Waals surface area (Å²) in [6.07, 6.45) is -0.0343. The number of carboxylic acid groups (broad SMARTS) is 1. The molecule has 1 N–H and O–H groups in total. The maximum absolute atomic E-state index is 11.5. The van der Waals surface area contributed by atoms with Gasteiger partial charge in [0.05, 0.1) is 30.6 Å². The minimum atomic E-state index is -0.870. The standard InChI is InChI=1S/C14H23NO4/c1-13(2,3)11(12(16)17)10-8-9(6-7-15)18-14(4,5)19-10/h9-11H,6,8H2,1-5H3,(H,16,17)/t9-,10-,11?/m1/s1. The summed E-state index contributed by atoms with van der Waals surface area (Å²) >= 11 is 0. The Morgan fingerprint density at radius 3 is 2.47 bits per heavy atom. The van der Waals surface area contributed by atoms with Gasteiger partial charge in [-0.1, -0.05) is 20.8 Å². The number of nitriles is 1. The van der Waals surface area contributed by atoms with Gasteiger partial charge in [-0.05, 0) is 19.3 Å². The van der Waals surface area contributed by atoms with Gasteiger partial charge in [-0.3, -0.25) is 4.79 Å². The Bertz CT molecular complexity index is 378. The van der Waals surface area contributed by atoms with Crippen molar-refractivity contribution < 1.29 is 19.4 Å². The first kappa shape index (κ1) is 15.9. The maximum Gasteiger partial charge on any atom is 0.309 e. The van der Waals surface area contributed by atoms with Crippen molar-refractivity contribution in [3.63, 3.8) is 0 Å². The van der Waals surface area contributed by atoms with Gasteiger partial charge in [0, 0.05) is 6.42 Å². The largest absolute Gasteiger partial charge is 0.481 e. The summed E-state index contributed by atoms with van der Waals surface area (Å²) in [5.74, 6) is -2.36. The minimum Gasteiger partial charge on any atom is -0.481 e. The number of carboxylic acids is 1. The number of hydrogen-bond acceptors (Lipinski definition) is 4. The smallest absolute Gasteiger partial charge is 0.309 e. The summed E-state index contributed by atoms with van der Waals surface area (Å²) < 4.78 is 11.4. The van der Waals surface area contributed by atoms with E-state index < -0.39 is 29.2 Å². The Labute approximate surface area is 114 Å². The van der Waals surface area contributed by atoms with Gasteiger partial charge in [-0.2, -0.15) is 5.26 Å². The van der Waals surface area contributed by atoms with Crippen LogP contribution in [-0.2, 0) is 14.3 Å². The molecule has 0 radical (unpaired) electrons. The van der Waals surface area contributed by atoms with Gasteiger partial charge in [-0.15, -0.1) is 0 Å². The lowest BCUT2D eigenvalue weighted by Gasteiger charge is -2.44. The van der Waals surface area contributed by atoms with Crippen LogP contribution in [0.2, 0.25) is 0 Å². The molecular formula is C14H23NO4. The molecular weight excluding hydrogens is 246 g/mol. The van der Waals surface area contributed by atoms with Gasteiger partial charge >= 0.3 is 5.97 Å². The molecule has 3 atom stereocenters. The minimum absolute atomic E-state index is 0.250. The van der Waals surface area contributed by atoms with E-state index in [1.165, 1.54) is 0 Å². The van der Waals surface area contributed by atoms with Gasteiger partial charge in [0.1, 0.15) is 0 Å². The van der Waals surface area contributed by atoms with Gasteiger partial charge in [-0.25, -0.2) is 0 Å². The quantitative estimate of drug-likeness (QED) is 0.851. The monoisotopic (exact) mass is 269 g/mol. The lowest BCUT2D eigenvalue weighted by molar-refractivity contribution is -0.310. The first-order valence-electron chi connectivity index (χ1n) is 6.52. The molecule has 108 valence electrons. The molecule has 0 amide bonds.